The maximum absolute atomic E-state index is 11.0. The first kappa shape index (κ1) is 14.7. The van der Waals surface area contributed by atoms with Crippen LogP contribution in [0.3, 0.4) is 0 Å². The summed E-state index contributed by atoms with van der Waals surface area (Å²) in [6, 6.07) is 5.00. The molecule has 0 aliphatic carbocycles. The number of hydrogen-bond acceptors (Lipinski definition) is 6. The first-order valence-corrected chi connectivity index (χ1v) is 6.72. The van der Waals surface area contributed by atoms with Crippen LogP contribution in [0.2, 0.25) is 0 Å². The highest BCUT2D eigenvalue weighted by molar-refractivity contribution is 5.65. The van der Waals surface area contributed by atoms with Crippen molar-refractivity contribution >= 4 is 11.4 Å². The molecular formula is C13H20N4O3. The van der Waals surface area contributed by atoms with E-state index in [0.29, 0.717) is 18.8 Å². The molecule has 20 heavy (non-hydrogen) atoms. The van der Waals surface area contributed by atoms with Crippen molar-refractivity contribution in [1.29, 1.82) is 0 Å². The minimum Gasteiger partial charge on any atom is -0.376 e. The molecule has 1 heterocycles. The fourth-order valence-corrected chi connectivity index (χ4v) is 2.45. The summed E-state index contributed by atoms with van der Waals surface area (Å²) in [7, 11) is 0. The van der Waals surface area contributed by atoms with E-state index in [9.17, 15) is 10.1 Å². The number of nitro benzene ring substituents is 1. The largest absolute Gasteiger partial charge is 0.376 e. The number of para-hydroxylation sites is 1. The highest BCUT2D eigenvalue weighted by Gasteiger charge is 2.22. The zero-order valence-corrected chi connectivity index (χ0v) is 11.5. The number of nitrogens with zero attached hydrogens (tertiary/aromatic N) is 2. The standard InChI is InChI=1S/C13H20N4O3/c1-2-11-9-16(6-7-20-11)8-10-4-3-5-12(17(18)19)13(10)15-14/h3-5,11,15H,2,6-9,14H2,1H3. The lowest BCUT2D eigenvalue weighted by molar-refractivity contribution is -0.384. The van der Waals surface area contributed by atoms with Gasteiger partial charge >= 0.3 is 0 Å². The van der Waals surface area contributed by atoms with Crippen molar-refractivity contribution in [2.75, 3.05) is 25.1 Å². The maximum Gasteiger partial charge on any atom is 0.293 e. The third-order valence-corrected chi connectivity index (χ3v) is 3.54. The lowest BCUT2D eigenvalue weighted by Crippen LogP contribution is -2.41. The number of ether oxygens (including phenoxy) is 1. The second-order valence-electron chi connectivity index (χ2n) is 4.85. The molecule has 1 aromatic carbocycles. The Morgan fingerprint density at radius 2 is 2.40 bits per heavy atom. The number of nitrogens with one attached hydrogen (secondary N) is 1. The van der Waals surface area contributed by atoms with Crippen LogP contribution in [-0.4, -0.2) is 35.6 Å². The molecule has 7 heteroatoms. The Kier molecular flexibility index (Phi) is 4.89. The predicted molar refractivity (Wildman–Crippen MR) is 76.2 cm³/mol. The van der Waals surface area contributed by atoms with Gasteiger partial charge in [0.2, 0.25) is 0 Å². The molecule has 0 saturated carbocycles. The van der Waals surface area contributed by atoms with Gasteiger partial charge in [-0.15, -0.1) is 0 Å². The fraction of sp³-hybridized carbons (Fsp3) is 0.538. The normalized spacial score (nSPS) is 19.8. The van der Waals surface area contributed by atoms with Crippen LogP contribution in [-0.2, 0) is 11.3 Å². The molecule has 110 valence electrons. The lowest BCUT2D eigenvalue weighted by Gasteiger charge is -2.32. The number of hydrazine groups is 1. The first-order valence-electron chi connectivity index (χ1n) is 6.72. The Morgan fingerprint density at radius 1 is 1.60 bits per heavy atom. The molecule has 1 saturated heterocycles. The summed E-state index contributed by atoms with van der Waals surface area (Å²) in [5.41, 5.74) is 3.68. The fourth-order valence-electron chi connectivity index (χ4n) is 2.45. The SMILES string of the molecule is CCC1CN(Cc2cccc([N+](=O)[O-])c2NN)CCO1. The number of hydrogen-bond donors (Lipinski definition) is 2. The van der Waals surface area contributed by atoms with Crippen molar-refractivity contribution in [2.24, 2.45) is 5.84 Å². The van der Waals surface area contributed by atoms with Gasteiger partial charge in [0.1, 0.15) is 5.69 Å². The molecule has 1 atom stereocenters. The summed E-state index contributed by atoms with van der Waals surface area (Å²) in [6.07, 6.45) is 1.20. The minimum absolute atomic E-state index is 0.00491. The maximum atomic E-state index is 11.0. The highest BCUT2D eigenvalue weighted by Crippen LogP contribution is 2.28. The van der Waals surface area contributed by atoms with Gasteiger partial charge in [-0.25, -0.2) is 0 Å². The number of benzene rings is 1. The third kappa shape index (κ3) is 3.24. The summed E-state index contributed by atoms with van der Waals surface area (Å²) in [6.45, 7) is 5.07. The molecule has 0 aromatic heterocycles. The van der Waals surface area contributed by atoms with E-state index in [0.717, 1.165) is 25.1 Å². The van der Waals surface area contributed by atoms with Crippen LogP contribution in [0.5, 0.6) is 0 Å². The molecule has 0 spiro atoms. The molecule has 1 aliphatic heterocycles. The van der Waals surface area contributed by atoms with Crippen molar-refractivity contribution < 1.29 is 9.66 Å². The molecule has 1 aliphatic rings. The van der Waals surface area contributed by atoms with E-state index in [2.05, 4.69) is 17.2 Å². The molecule has 1 unspecified atom stereocenters. The number of nitro groups is 1. The number of rotatable bonds is 5. The average Bonchev–Trinajstić information content (AvgIpc) is 2.47. The van der Waals surface area contributed by atoms with Crippen LogP contribution in [0.1, 0.15) is 18.9 Å². The second kappa shape index (κ2) is 6.65. The molecule has 3 N–H and O–H groups in total. The van der Waals surface area contributed by atoms with Crippen molar-refractivity contribution in [2.45, 2.75) is 26.0 Å². The van der Waals surface area contributed by atoms with Gasteiger partial charge in [0.15, 0.2) is 0 Å². The van der Waals surface area contributed by atoms with Gasteiger partial charge in [-0.2, -0.15) is 0 Å². The molecule has 1 aromatic rings. The molecule has 0 bridgehead atoms. The summed E-state index contributed by atoms with van der Waals surface area (Å²) in [5.74, 6) is 5.45. The van der Waals surface area contributed by atoms with Crippen molar-refractivity contribution in [3.63, 3.8) is 0 Å². The average molecular weight is 280 g/mol. The summed E-state index contributed by atoms with van der Waals surface area (Å²) in [5, 5.41) is 11.0. The Labute approximate surface area is 117 Å². The summed E-state index contributed by atoms with van der Waals surface area (Å²) >= 11 is 0. The van der Waals surface area contributed by atoms with Gasteiger partial charge in [0.25, 0.3) is 5.69 Å². The number of nitrogens with two attached hydrogens (primary N) is 1. The Bertz CT molecular complexity index is 481. The van der Waals surface area contributed by atoms with Crippen LogP contribution in [0.4, 0.5) is 11.4 Å². The summed E-state index contributed by atoms with van der Waals surface area (Å²) in [4.78, 5) is 12.8. The van der Waals surface area contributed by atoms with E-state index in [1.165, 1.54) is 6.07 Å². The topological polar surface area (TPSA) is 93.7 Å². The molecule has 7 nitrogen and oxygen atoms in total. The van der Waals surface area contributed by atoms with Gasteiger partial charge in [-0.05, 0) is 12.0 Å². The van der Waals surface area contributed by atoms with Gasteiger partial charge in [-0.1, -0.05) is 19.1 Å². The van der Waals surface area contributed by atoms with Crippen LogP contribution in [0.25, 0.3) is 0 Å². The van der Waals surface area contributed by atoms with Gasteiger partial charge in [0.05, 0.1) is 17.6 Å². The zero-order valence-electron chi connectivity index (χ0n) is 11.5. The smallest absolute Gasteiger partial charge is 0.293 e. The first-order chi connectivity index (χ1) is 9.65. The minimum atomic E-state index is -0.424. The van der Waals surface area contributed by atoms with Gasteiger partial charge in [0, 0.05) is 25.7 Å². The van der Waals surface area contributed by atoms with E-state index in [1.54, 1.807) is 6.07 Å². The molecule has 2 rings (SSSR count). The van der Waals surface area contributed by atoms with Crippen LogP contribution >= 0.6 is 0 Å². The third-order valence-electron chi connectivity index (χ3n) is 3.54. The molecular weight excluding hydrogens is 260 g/mol. The monoisotopic (exact) mass is 280 g/mol. The quantitative estimate of drug-likeness (QED) is 0.482. The Morgan fingerprint density at radius 3 is 3.05 bits per heavy atom. The van der Waals surface area contributed by atoms with E-state index < -0.39 is 4.92 Å². The molecule has 1 fully saturated rings. The lowest BCUT2D eigenvalue weighted by atomic mass is 10.1. The number of anilines is 1. The Hall–Kier alpha value is -1.70. The van der Waals surface area contributed by atoms with E-state index in [4.69, 9.17) is 10.6 Å². The van der Waals surface area contributed by atoms with Crippen molar-refractivity contribution in [3.8, 4) is 0 Å². The second-order valence-corrected chi connectivity index (χ2v) is 4.85. The molecule has 0 radical (unpaired) electrons. The van der Waals surface area contributed by atoms with Gasteiger partial charge < -0.3 is 10.2 Å². The highest BCUT2D eigenvalue weighted by atomic mass is 16.6. The van der Waals surface area contributed by atoms with E-state index in [1.807, 2.05) is 6.07 Å². The van der Waals surface area contributed by atoms with Crippen LogP contribution in [0, 0.1) is 10.1 Å². The number of nitrogen functional groups attached to an aromatic ring is 1. The van der Waals surface area contributed by atoms with Crippen molar-refractivity contribution in [1.82, 2.24) is 4.90 Å². The Balaban J connectivity index is 2.16. The van der Waals surface area contributed by atoms with Gasteiger partial charge in [-0.3, -0.25) is 20.9 Å². The number of morpholine rings is 1. The zero-order chi connectivity index (χ0) is 14.5. The summed E-state index contributed by atoms with van der Waals surface area (Å²) < 4.78 is 5.62. The van der Waals surface area contributed by atoms with Crippen molar-refractivity contribution in [3.05, 3.63) is 33.9 Å². The predicted octanol–water partition coefficient (Wildman–Crippen LogP) is 1.49. The van der Waals surface area contributed by atoms with E-state index >= 15 is 0 Å². The van der Waals surface area contributed by atoms with Crippen LogP contribution in [0.15, 0.2) is 18.2 Å². The molecule has 0 amide bonds. The van der Waals surface area contributed by atoms with E-state index in [-0.39, 0.29) is 11.8 Å². The van der Waals surface area contributed by atoms with Crippen LogP contribution < -0.4 is 11.3 Å².